The van der Waals surface area contributed by atoms with E-state index in [1.807, 2.05) is 17.8 Å². The Morgan fingerprint density at radius 1 is 1.29 bits per heavy atom. The Kier molecular flexibility index (Phi) is 5.46. The molecule has 1 rings (SSSR count). The van der Waals surface area contributed by atoms with Gasteiger partial charge in [-0.15, -0.1) is 6.58 Å². The highest BCUT2D eigenvalue weighted by Crippen LogP contribution is 2.14. The molecule has 1 heteroatoms. The first kappa shape index (κ1) is 11.4. The van der Waals surface area contributed by atoms with E-state index in [2.05, 4.69) is 37.8 Å². The minimum absolute atomic E-state index is 1.14. The van der Waals surface area contributed by atoms with Crippen LogP contribution in [0.15, 0.2) is 36.9 Å². The van der Waals surface area contributed by atoms with Crippen molar-refractivity contribution in [1.29, 1.82) is 0 Å². The fourth-order valence-electron chi connectivity index (χ4n) is 1.20. The van der Waals surface area contributed by atoms with Crippen molar-refractivity contribution in [3.8, 4) is 0 Å². The maximum Gasteiger partial charge on any atom is 0.0184 e. The SMILES string of the molecule is C=CCCCSCc1ccc(C)cc1. The van der Waals surface area contributed by atoms with Crippen molar-refractivity contribution in [1.82, 2.24) is 0 Å². The van der Waals surface area contributed by atoms with Crippen LogP contribution in [0.5, 0.6) is 0 Å². The monoisotopic (exact) mass is 206 g/mol. The molecule has 1 aromatic rings. The summed E-state index contributed by atoms with van der Waals surface area (Å²) in [4.78, 5) is 0. The van der Waals surface area contributed by atoms with E-state index in [-0.39, 0.29) is 0 Å². The van der Waals surface area contributed by atoms with Gasteiger partial charge in [-0.25, -0.2) is 0 Å². The molecule has 0 bridgehead atoms. The average molecular weight is 206 g/mol. The highest BCUT2D eigenvalue weighted by atomic mass is 32.2. The molecule has 0 N–H and O–H groups in total. The number of benzene rings is 1. The Balaban J connectivity index is 2.18. The average Bonchev–Trinajstić information content (AvgIpc) is 2.21. The van der Waals surface area contributed by atoms with E-state index in [1.165, 1.54) is 23.3 Å². The summed E-state index contributed by atoms with van der Waals surface area (Å²) in [7, 11) is 0. The van der Waals surface area contributed by atoms with Gasteiger partial charge in [-0.2, -0.15) is 11.8 Å². The van der Waals surface area contributed by atoms with Crippen LogP contribution in [0, 0.1) is 6.92 Å². The Hall–Kier alpha value is -0.690. The van der Waals surface area contributed by atoms with Gasteiger partial charge >= 0.3 is 0 Å². The Morgan fingerprint density at radius 3 is 2.64 bits per heavy atom. The minimum atomic E-state index is 1.14. The molecule has 76 valence electrons. The number of thioether (sulfide) groups is 1. The zero-order chi connectivity index (χ0) is 10.2. The van der Waals surface area contributed by atoms with E-state index in [1.54, 1.807) is 0 Å². The molecule has 0 unspecified atom stereocenters. The van der Waals surface area contributed by atoms with Crippen molar-refractivity contribution < 1.29 is 0 Å². The number of rotatable bonds is 6. The normalized spacial score (nSPS) is 10.1. The second-order valence-electron chi connectivity index (χ2n) is 3.47. The van der Waals surface area contributed by atoms with Crippen molar-refractivity contribution in [3.63, 3.8) is 0 Å². The molecule has 14 heavy (non-hydrogen) atoms. The van der Waals surface area contributed by atoms with Crippen LogP contribution in [0.2, 0.25) is 0 Å². The summed E-state index contributed by atoms with van der Waals surface area (Å²) >= 11 is 2.00. The van der Waals surface area contributed by atoms with E-state index in [0.29, 0.717) is 0 Å². The molecule has 1 aromatic carbocycles. The third-order valence-corrected chi connectivity index (χ3v) is 3.20. The topological polar surface area (TPSA) is 0 Å². The summed E-state index contributed by atoms with van der Waals surface area (Å²) in [5.41, 5.74) is 2.77. The molecule has 0 aliphatic carbocycles. The van der Waals surface area contributed by atoms with Gasteiger partial charge in [0.15, 0.2) is 0 Å². The first-order valence-corrected chi connectivity index (χ1v) is 6.22. The molecule has 0 nitrogen and oxygen atoms in total. The van der Waals surface area contributed by atoms with Gasteiger partial charge in [0.2, 0.25) is 0 Å². The van der Waals surface area contributed by atoms with Crippen LogP contribution >= 0.6 is 11.8 Å². The Morgan fingerprint density at radius 2 is 2.00 bits per heavy atom. The molecule has 0 amide bonds. The lowest BCUT2D eigenvalue weighted by Gasteiger charge is -2.01. The molecule has 0 fully saturated rings. The van der Waals surface area contributed by atoms with Gasteiger partial charge < -0.3 is 0 Å². The third-order valence-electron chi connectivity index (χ3n) is 2.09. The van der Waals surface area contributed by atoms with Gasteiger partial charge in [0.25, 0.3) is 0 Å². The van der Waals surface area contributed by atoms with Crippen LogP contribution in [0.25, 0.3) is 0 Å². The molecule has 0 spiro atoms. The molecule has 0 saturated carbocycles. The van der Waals surface area contributed by atoms with Gasteiger partial charge in [-0.05, 0) is 31.1 Å². The van der Waals surface area contributed by atoms with Gasteiger partial charge in [0.05, 0.1) is 0 Å². The largest absolute Gasteiger partial charge is 0.157 e. The summed E-state index contributed by atoms with van der Waals surface area (Å²) in [6, 6.07) is 8.80. The van der Waals surface area contributed by atoms with E-state index >= 15 is 0 Å². The summed E-state index contributed by atoms with van der Waals surface area (Å²) in [6.45, 7) is 5.84. The molecule has 0 radical (unpaired) electrons. The van der Waals surface area contributed by atoms with Crippen molar-refractivity contribution in [2.45, 2.75) is 25.5 Å². The molecule has 0 aromatic heterocycles. The highest BCUT2D eigenvalue weighted by molar-refractivity contribution is 7.98. The smallest absolute Gasteiger partial charge is 0.0184 e. The third kappa shape index (κ3) is 4.52. The molecular weight excluding hydrogens is 188 g/mol. The molecule has 0 aliphatic heterocycles. The summed E-state index contributed by atoms with van der Waals surface area (Å²) in [6.07, 6.45) is 4.38. The summed E-state index contributed by atoms with van der Waals surface area (Å²) < 4.78 is 0. The number of allylic oxidation sites excluding steroid dienone is 1. The number of hydrogen-bond acceptors (Lipinski definition) is 1. The van der Waals surface area contributed by atoms with Gasteiger partial charge in [0, 0.05) is 5.75 Å². The minimum Gasteiger partial charge on any atom is -0.157 e. The lowest BCUT2D eigenvalue weighted by Crippen LogP contribution is -1.83. The van der Waals surface area contributed by atoms with Crippen molar-refractivity contribution >= 4 is 11.8 Å². The van der Waals surface area contributed by atoms with Gasteiger partial charge in [0.1, 0.15) is 0 Å². The predicted octanol–water partition coefficient (Wildman–Crippen LogP) is 4.19. The second-order valence-corrected chi connectivity index (χ2v) is 4.57. The van der Waals surface area contributed by atoms with Crippen LogP contribution in [0.3, 0.4) is 0 Å². The highest BCUT2D eigenvalue weighted by Gasteiger charge is 1.92. The zero-order valence-corrected chi connectivity index (χ0v) is 9.65. The molecule has 0 aliphatic rings. The lowest BCUT2D eigenvalue weighted by molar-refractivity contribution is 0.973. The quantitative estimate of drug-likeness (QED) is 0.496. The predicted molar refractivity (Wildman–Crippen MR) is 66.8 cm³/mol. The van der Waals surface area contributed by atoms with Crippen LogP contribution in [0.4, 0.5) is 0 Å². The van der Waals surface area contributed by atoms with E-state index in [0.717, 1.165) is 12.2 Å². The van der Waals surface area contributed by atoms with Crippen LogP contribution in [-0.4, -0.2) is 5.75 Å². The second kappa shape index (κ2) is 6.72. The summed E-state index contributed by atoms with van der Waals surface area (Å²) in [5.74, 6) is 2.37. The molecule has 0 saturated heterocycles. The fraction of sp³-hybridized carbons (Fsp3) is 0.385. The van der Waals surface area contributed by atoms with E-state index < -0.39 is 0 Å². The van der Waals surface area contributed by atoms with Gasteiger partial charge in [-0.1, -0.05) is 35.9 Å². The Bertz CT molecular complexity index is 261. The molecular formula is C13H18S. The van der Waals surface area contributed by atoms with Crippen molar-refractivity contribution in [2.75, 3.05) is 5.75 Å². The number of unbranched alkanes of at least 4 members (excludes halogenated alkanes) is 1. The maximum absolute atomic E-state index is 3.72. The van der Waals surface area contributed by atoms with Gasteiger partial charge in [-0.3, -0.25) is 0 Å². The number of hydrogen-bond donors (Lipinski definition) is 0. The first-order valence-electron chi connectivity index (χ1n) is 5.07. The van der Waals surface area contributed by atoms with Crippen LogP contribution < -0.4 is 0 Å². The Labute approximate surface area is 91.4 Å². The zero-order valence-electron chi connectivity index (χ0n) is 8.83. The van der Waals surface area contributed by atoms with Crippen LogP contribution in [-0.2, 0) is 5.75 Å². The summed E-state index contributed by atoms with van der Waals surface area (Å²) in [5, 5.41) is 0. The molecule has 0 heterocycles. The van der Waals surface area contributed by atoms with E-state index in [4.69, 9.17) is 0 Å². The van der Waals surface area contributed by atoms with Crippen LogP contribution in [0.1, 0.15) is 24.0 Å². The standard InChI is InChI=1S/C13H18S/c1-3-4-5-10-14-11-13-8-6-12(2)7-9-13/h3,6-9H,1,4-5,10-11H2,2H3. The lowest BCUT2D eigenvalue weighted by atomic mass is 10.2. The number of aryl methyl sites for hydroxylation is 1. The van der Waals surface area contributed by atoms with Crippen molar-refractivity contribution in [3.05, 3.63) is 48.0 Å². The van der Waals surface area contributed by atoms with Crippen molar-refractivity contribution in [2.24, 2.45) is 0 Å². The first-order chi connectivity index (χ1) is 6.83. The fourth-order valence-corrected chi connectivity index (χ4v) is 2.15. The maximum atomic E-state index is 3.72. The van der Waals surface area contributed by atoms with E-state index in [9.17, 15) is 0 Å². The molecule has 0 atom stereocenters.